The Hall–Kier alpha value is -0.940. The number of hydrogen-bond donors (Lipinski definition) is 2. The van der Waals surface area contributed by atoms with E-state index in [1.807, 2.05) is 5.38 Å². The van der Waals surface area contributed by atoms with Crippen LogP contribution in [0.25, 0.3) is 0 Å². The van der Waals surface area contributed by atoms with Crippen LogP contribution >= 0.6 is 11.3 Å². The molecule has 0 saturated carbocycles. The van der Waals surface area contributed by atoms with E-state index in [2.05, 4.69) is 17.2 Å². The van der Waals surface area contributed by atoms with E-state index in [4.69, 9.17) is 5.73 Å². The minimum atomic E-state index is -0.830. The molecule has 0 saturated heterocycles. The molecule has 0 radical (unpaired) electrons. The average Bonchev–Trinajstić information content (AvgIpc) is 2.60. The van der Waals surface area contributed by atoms with E-state index in [1.54, 1.807) is 25.2 Å². The number of nitrogens with two attached hydrogens (primary N) is 1. The molecule has 0 unspecified atom stereocenters. The number of aromatic nitrogens is 1. The number of aryl methyl sites for hydroxylation is 1. The van der Waals surface area contributed by atoms with Crippen molar-refractivity contribution in [1.82, 2.24) is 10.3 Å². The normalized spacial score (nSPS) is 11.5. The Kier molecular flexibility index (Phi) is 3.82. The first-order valence-electron chi connectivity index (χ1n) is 4.94. The smallest absolute Gasteiger partial charge is 0.239 e. The third-order valence-corrected chi connectivity index (χ3v) is 2.96. The molecule has 1 aromatic rings. The topological polar surface area (TPSA) is 68.0 Å². The quantitative estimate of drug-likeness (QED) is 0.808. The van der Waals surface area contributed by atoms with Gasteiger partial charge in [-0.3, -0.25) is 4.79 Å². The second-order valence-electron chi connectivity index (χ2n) is 3.99. The summed E-state index contributed by atoms with van der Waals surface area (Å²) in [5.41, 5.74) is 5.71. The van der Waals surface area contributed by atoms with E-state index >= 15 is 0 Å². The Morgan fingerprint density at radius 3 is 2.80 bits per heavy atom. The zero-order valence-electron chi connectivity index (χ0n) is 9.33. The highest BCUT2D eigenvalue weighted by Crippen LogP contribution is 2.10. The van der Waals surface area contributed by atoms with E-state index in [0.29, 0.717) is 6.54 Å². The number of nitrogens with zero attached hydrogens (tertiary/aromatic N) is 1. The van der Waals surface area contributed by atoms with Crippen molar-refractivity contribution in [1.29, 1.82) is 0 Å². The number of rotatable bonds is 4. The zero-order chi connectivity index (χ0) is 11.5. The van der Waals surface area contributed by atoms with Gasteiger partial charge in [0, 0.05) is 5.38 Å². The van der Waals surface area contributed by atoms with Crippen LogP contribution in [0.3, 0.4) is 0 Å². The van der Waals surface area contributed by atoms with Gasteiger partial charge in [0.2, 0.25) is 5.91 Å². The number of hydrogen-bond acceptors (Lipinski definition) is 4. The predicted octanol–water partition coefficient (Wildman–Crippen LogP) is 1.06. The lowest BCUT2D eigenvalue weighted by molar-refractivity contribution is -0.125. The Morgan fingerprint density at radius 2 is 2.33 bits per heavy atom. The lowest BCUT2D eigenvalue weighted by Crippen LogP contribution is -2.48. The average molecular weight is 227 g/mol. The molecule has 84 valence electrons. The summed E-state index contributed by atoms with van der Waals surface area (Å²) < 4.78 is 0. The SMILES string of the molecule is CCc1nc(CNC(=O)C(C)(C)N)cs1. The molecule has 0 aliphatic rings. The summed E-state index contributed by atoms with van der Waals surface area (Å²) in [6.07, 6.45) is 0.932. The van der Waals surface area contributed by atoms with Gasteiger partial charge in [-0.15, -0.1) is 11.3 Å². The standard InChI is InChI=1S/C10H17N3OS/c1-4-8-13-7(6-15-8)5-12-9(14)10(2,3)11/h6H,4-5,11H2,1-3H3,(H,12,14). The second kappa shape index (κ2) is 4.72. The largest absolute Gasteiger partial charge is 0.349 e. The van der Waals surface area contributed by atoms with Gasteiger partial charge in [-0.1, -0.05) is 6.92 Å². The zero-order valence-corrected chi connectivity index (χ0v) is 10.1. The highest BCUT2D eigenvalue weighted by molar-refractivity contribution is 7.09. The number of thiazole rings is 1. The molecule has 5 heteroatoms. The van der Waals surface area contributed by atoms with Gasteiger partial charge in [0.15, 0.2) is 0 Å². The third kappa shape index (κ3) is 3.60. The van der Waals surface area contributed by atoms with Crippen molar-refractivity contribution < 1.29 is 4.79 Å². The summed E-state index contributed by atoms with van der Waals surface area (Å²) in [6.45, 7) is 5.88. The Morgan fingerprint density at radius 1 is 1.67 bits per heavy atom. The molecule has 4 nitrogen and oxygen atoms in total. The number of carbonyl (C=O) groups is 1. The lowest BCUT2D eigenvalue weighted by atomic mass is 10.1. The maximum atomic E-state index is 11.5. The summed E-state index contributed by atoms with van der Waals surface area (Å²) in [7, 11) is 0. The van der Waals surface area contributed by atoms with Crippen LogP contribution in [-0.4, -0.2) is 16.4 Å². The monoisotopic (exact) mass is 227 g/mol. The van der Waals surface area contributed by atoms with E-state index in [9.17, 15) is 4.79 Å². The van der Waals surface area contributed by atoms with Gasteiger partial charge in [-0.25, -0.2) is 4.98 Å². The van der Waals surface area contributed by atoms with Crippen LogP contribution in [0.1, 0.15) is 31.5 Å². The third-order valence-electron chi connectivity index (χ3n) is 1.92. The van der Waals surface area contributed by atoms with Crippen LogP contribution < -0.4 is 11.1 Å². The van der Waals surface area contributed by atoms with E-state index in [0.717, 1.165) is 17.1 Å². The molecule has 3 N–H and O–H groups in total. The van der Waals surface area contributed by atoms with Crippen molar-refractivity contribution in [3.8, 4) is 0 Å². The van der Waals surface area contributed by atoms with Crippen LogP contribution in [0.15, 0.2) is 5.38 Å². The summed E-state index contributed by atoms with van der Waals surface area (Å²) in [5.74, 6) is -0.159. The molecule has 0 spiro atoms. The summed E-state index contributed by atoms with van der Waals surface area (Å²) in [5, 5.41) is 5.81. The molecule has 0 aromatic carbocycles. The maximum Gasteiger partial charge on any atom is 0.239 e. The summed E-state index contributed by atoms with van der Waals surface area (Å²) >= 11 is 1.62. The number of carbonyl (C=O) groups excluding carboxylic acids is 1. The summed E-state index contributed by atoms with van der Waals surface area (Å²) in [6, 6.07) is 0. The molecule has 0 atom stereocenters. The van der Waals surface area contributed by atoms with Crippen LogP contribution in [-0.2, 0) is 17.8 Å². The van der Waals surface area contributed by atoms with E-state index in [1.165, 1.54) is 0 Å². The number of amides is 1. The fourth-order valence-electron chi connectivity index (χ4n) is 0.991. The molecule has 1 rings (SSSR count). The first kappa shape index (κ1) is 12.1. The van der Waals surface area contributed by atoms with Gasteiger partial charge < -0.3 is 11.1 Å². The predicted molar refractivity (Wildman–Crippen MR) is 61.6 cm³/mol. The fourth-order valence-corrected chi connectivity index (χ4v) is 1.74. The molecular weight excluding hydrogens is 210 g/mol. The molecule has 0 fully saturated rings. The Bertz CT molecular complexity index is 341. The molecule has 0 bridgehead atoms. The first-order chi connectivity index (χ1) is 6.93. The summed E-state index contributed by atoms with van der Waals surface area (Å²) in [4.78, 5) is 15.8. The van der Waals surface area contributed by atoms with Gasteiger partial charge in [0.25, 0.3) is 0 Å². The molecule has 15 heavy (non-hydrogen) atoms. The van der Waals surface area contributed by atoms with Gasteiger partial charge in [0.1, 0.15) is 0 Å². The van der Waals surface area contributed by atoms with Crippen molar-refractivity contribution in [2.24, 2.45) is 5.73 Å². The van der Waals surface area contributed by atoms with Crippen LogP contribution in [0, 0.1) is 0 Å². The van der Waals surface area contributed by atoms with Crippen molar-refractivity contribution in [2.45, 2.75) is 39.3 Å². The van der Waals surface area contributed by atoms with Crippen LogP contribution in [0.2, 0.25) is 0 Å². The molecular formula is C10H17N3OS. The molecule has 0 aliphatic heterocycles. The first-order valence-corrected chi connectivity index (χ1v) is 5.82. The van der Waals surface area contributed by atoms with Crippen LogP contribution in [0.4, 0.5) is 0 Å². The van der Waals surface area contributed by atoms with E-state index in [-0.39, 0.29) is 5.91 Å². The highest BCUT2D eigenvalue weighted by atomic mass is 32.1. The molecule has 1 heterocycles. The van der Waals surface area contributed by atoms with Crippen molar-refractivity contribution in [3.63, 3.8) is 0 Å². The Balaban J connectivity index is 2.47. The van der Waals surface area contributed by atoms with Crippen molar-refractivity contribution >= 4 is 17.2 Å². The Labute approximate surface area is 93.9 Å². The van der Waals surface area contributed by atoms with Gasteiger partial charge >= 0.3 is 0 Å². The molecule has 1 amide bonds. The fraction of sp³-hybridized carbons (Fsp3) is 0.600. The molecule has 1 aromatic heterocycles. The molecule has 0 aliphatic carbocycles. The van der Waals surface area contributed by atoms with Gasteiger partial charge in [-0.05, 0) is 20.3 Å². The van der Waals surface area contributed by atoms with E-state index < -0.39 is 5.54 Å². The lowest BCUT2D eigenvalue weighted by Gasteiger charge is -2.16. The highest BCUT2D eigenvalue weighted by Gasteiger charge is 2.21. The number of nitrogens with one attached hydrogen (secondary N) is 1. The van der Waals surface area contributed by atoms with Gasteiger partial charge in [-0.2, -0.15) is 0 Å². The minimum absolute atomic E-state index is 0.159. The van der Waals surface area contributed by atoms with Crippen molar-refractivity contribution in [3.05, 3.63) is 16.1 Å². The second-order valence-corrected chi connectivity index (χ2v) is 4.93. The van der Waals surface area contributed by atoms with Crippen molar-refractivity contribution in [2.75, 3.05) is 0 Å². The minimum Gasteiger partial charge on any atom is -0.349 e. The maximum absolute atomic E-state index is 11.5. The van der Waals surface area contributed by atoms with Crippen LogP contribution in [0.5, 0.6) is 0 Å². The van der Waals surface area contributed by atoms with Gasteiger partial charge in [0.05, 0.1) is 22.8 Å².